The first-order valence-electron chi connectivity index (χ1n) is 8.44. The number of hydrogen-bond acceptors (Lipinski definition) is 4. The number of carbonyl (C=O) groups excluding carboxylic acids is 1. The molecule has 2 heterocycles. The van der Waals surface area contributed by atoms with Gasteiger partial charge in [-0.1, -0.05) is 6.92 Å². The van der Waals surface area contributed by atoms with Crippen LogP contribution in [0.5, 0.6) is 0 Å². The molecule has 1 N–H and O–H groups in total. The topological polar surface area (TPSA) is 50.8 Å². The SMILES string of the molecule is CCOCCOC1CCN(C(=O)C2NCCCC2C)CC1. The maximum atomic E-state index is 12.6. The Morgan fingerprint density at radius 3 is 2.67 bits per heavy atom. The highest BCUT2D eigenvalue weighted by molar-refractivity contribution is 5.82. The number of piperidine rings is 2. The predicted molar refractivity (Wildman–Crippen MR) is 82.2 cm³/mol. The maximum Gasteiger partial charge on any atom is 0.239 e. The number of nitrogens with one attached hydrogen (secondary N) is 1. The summed E-state index contributed by atoms with van der Waals surface area (Å²) in [6.07, 6.45) is 4.50. The molecule has 0 bridgehead atoms. The van der Waals surface area contributed by atoms with E-state index in [1.165, 1.54) is 6.42 Å². The summed E-state index contributed by atoms with van der Waals surface area (Å²) in [5.74, 6) is 0.737. The minimum absolute atomic E-state index is 0.0224. The Morgan fingerprint density at radius 2 is 2.00 bits per heavy atom. The van der Waals surface area contributed by atoms with Gasteiger partial charge in [-0.05, 0) is 45.1 Å². The molecule has 0 radical (unpaired) electrons. The summed E-state index contributed by atoms with van der Waals surface area (Å²) in [4.78, 5) is 14.6. The highest BCUT2D eigenvalue weighted by Gasteiger charge is 2.32. The van der Waals surface area contributed by atoms with Gasteiger partial charge in [0.25, 0.3) is 0 Å². The summed E-state index contributed by atoms with van der Waals surface area (Å²) >= 11 is 0. The lowest BCUT2D eigenvalue weighted by Gasteiger charge is -2.37. The quantitative estimate of drug-likeness (QED) is 0.754. The van der Waals surface area contributed by atoms with E-state index in [1.807, 2.05) is 11.8 Å². The molecule has 0 saturated carbocycles. The standard InChI is InChI=1S/C16H30N2O3/c1-3-20-11-12-21-14-6-9-18(10-7-14)16(19)15-13(2)5-4-8-17-15/h13-15,17H,3-12H2,1-2H3. The van der Waals surface area contributed by atoms with Crippen LogP contribution in [-0.4, -0.2) is 62.4 Å². The first-order valence-corrected chi connectivity index (χ1v) is 8.44. The van der Waals surface area contributed by atoms with Gasteiger partial charge in [-0.3, -0.25) is 4.79 Å². The number of likely N-dealkylation sites (tertiary alicyclic amines) is 1. The van der Waals surface area contributed by atoms with Crippen LogP contribution >= 0.6 is 0 Å². The van der Waals surface area contributed by atoms with E-state index in [0.717, 1.165) is 45.5 Å². The van der Waals surface area contributed by atoms with Gasteiger partial charge in [-0.15, -0.1) is 0 Å². The molecule has 0 aliphatic carbocycles. The molecule has 2 fully saturated rings. The van der Waals surface area contributed by atoms with Crippen molar-refractivity contribution in [2.24, 2.45) is 5.92 Å². The second-order valence-electron chi connectivity index (χ2n) is 6.14. The summed E-state index contributed by atoms with van der Waals surface area (Å²) in [5.41, 5.74) is 0. The fourth-order valence-corrected chi connectivity index (χ4v) is 3.24. The molecule has 2 aliphatic rings. The fourth-order valence-electron chi connectivity index (χ4n) is 3.24. The molecule has 21 heavy (non-hydrogen) atoms. The molecule has 2 unspecified atom stereocenters. The fraction of sp³-hybridized carbons (Fsp3) is 0.938. The van der Waals surface area contributed by atoms with Crippen molar-refractivity contribution < 1.29 is 14.3 Å². The van der Waals surface area contributed by atoms with Crippen LogP contribution in [0.3, 0.4) is 0 Å². The van der Waals surface area contributed by atoms with E-state index < -0.39 is 0 Å². The van der Waals surface area contributed by atoms with Crippen molar-refractivity contribution in [2.45, 2.75) is 51.7 Å². The molecule has 5 heteroatoms. The zero-order valence-electron chi connectivity index (χ0n) is 13.5. The normalized spacial score (nSPS) is 27.8. The Hall–Kier alpha value is -0.650. The maximum absolute atomic E-state index is 12.6. The van der Waals surface area contributed by atoms with E-state index >= 15 is 0 Å². The third kappa shape index (κ3) is 4.94. The summed E-state index contributed by atoms with van der Waals surface area (Å²) < 4.78 is 11.1. The predicted octanol–water partition coefficient (Wildman–Crippen LogP) is 1.42. The monoisotopic (exact) mass is 298 g/mol. The van der Waals surface area contributed by atoms with Crippen molar-refractivity contribution in [3.63, 3.8) is 0 Å². The Morgan fingerprint density at radius 1 is 1.24 bits per heavy atom. The zero-order valence-corrected chi connectivity index (χ0v) is 13.5. The second-order valence-corrected chi connectivity index (χ2v) is 6.14. The van der Waals surface area contributed by atoms with Crippen molar-refractivity contribution in [3.05, 3.63) is 0 Å². The van der Waals surface area contributed by atoms with Gasteiger partial charge in [0.1, 0.15) is 0 Å². The molecule has 0 aromatic rings. The van der Waals surface area contributed by atoms with E-state index in [2.05, 4.69) is 12.2 Å². The minimum atomic E-state index is 0.0224. The molecular formula is C16H30N2O3. The van der Waals surface area contributed by atoms with Gasteiger partial charge >= 0.3 is 0 Å². The van der Waals surface area contributed by atoms with E-state index in [9.17, 15) is 4.79 Å². The van der Waals surface area contributed by atoms with Gasteiger partial charge in [-0.2, -0.15) is 0 Å². The summed E-state index contributed by atoms with van der Waals surface area (Å²) in [6, 6.07) is 0.0224. The smallest absolute Gasteiger partial charge is 0.239 e. The minimum Gasteiger partial charge on any atom is -0.379 e. The Balaban J connectivity index is 1.69. The van der Waals surface area contributed by atoms with Crippen LogP contribution in [-0.2, 0) is 14.3 Å². The molecule has 2 atom stereocenters. The lowest BCUT2D eigenvalue weighted by molar-refractivity contribution is -0.138. The summed E-state index contributed by atoms with van der Waals surface area (Å²) in [6.45, 7) is 8.85. The Labute approximate surface area is 128 Å². The molecule has 1 amide bonds. The van der Waals surface area contributed by atoms with Gasteiger partial charge in [0.05, 0.1) is 25.4 Å². The first kappa shape index (κ1) is 16.7. The van der Waals surface area contributed by atoms with E-state index in [-0.39, 0.29) is 18.1 Å². The number of ether oxygens (including phenoxy) is 2. The molecule has 2 saturated heterocycles. The summed E-state index contributed by atoms with van der Waals surface area (Å²) in [7, 11) is 0. The van der Waals surface area contributed by atoms with Crippen molar-refractivity contribution in [2.75, 3.05) is 39.5 Å². The van der Waals surface area contributed by atoms with Gasteiger partial charge in [0.15, 0.2) is 0 Å². The van der Waals surface area contributed by atoms with E-state index in [4.69, 9.17) is 9.47 Å². The molecule has 0 aromatic heterocycles. The lowest BCUT2D eigenvalue weighted by Crippen LogP contribution is -2.54. The van der Waals surface area contributed by atoms with Gasteiger partial charge < -0.3 is 19.7 Å². The first-order chi connectivity index (χ1) is 10.2. The van der Waals surface area contributed by atoms with Crippen LogP contribution in [0, 0.1) is 5.92 Å². The molecule has 0 spiro atoms. The molecule has 122 valence electrons. The Kier molecular flexibility index (Phi) is 6.93. The number of rotatable bonds is 6. The third-order valence-electron chi connectivity index (χ3n) is 4.57. The largest absolute Gasteiger partial charge is 0.379 e. The average molecular weight is 298 g/mol. The summed E-state index contributed by atoms with van der Waals surface area (Å²) in [5, 5.41) is 3.39. The van der Waals surface area contributed by atoms with Crippen molar-refractivity contribution in [3.8, 4) is 0 Å². The van der Waals surface area contributed by atoms with Crippen LogP contribution in [0.15, 0.2) is 0 Å². The second kappa shape index (κ2) is 8.71. The lowest BCUT2D eigenvalue weighted by atomic mass is 9.91. The highest BCUT2D eigenvalue weighted by atomic mass is 16.5. The molecular weight excluding hydrogens is 268 g/mol. The average Bonchev–Trinajstić information content (AvgIpc) is 2.52. The zero-order chi connectivity index (χ0) is 15.1. The molecule has 2 aliphatic heterocycles. The number of nitrogens with zero attached hydrogens (tertiary/aromatic N) is 1. The van der Waals surface area contributed by atoms with Gasteiger partial charge in [0, 0.05) is 19.7 Å². The van der Waals surface area contributed by atoms with E-state index in [0.29, 0.717) is 19.1 Å². The highest BCUT2D eigenvalue weighted by Crippen LogP contribution is 2.20. The van der Waals surface area contributed by atoms with Crippen LogP contribution < -0.4 is 5.32 Å². The van der Waals surface area contributed by atoms with E-state index in [1.54, 1.807) is 0 Å². The van der Waals surface area contributed by atoms with Crippen molar-refractivity contribution in [1.29, 1.82) is 0 Å². The van der Waals surface area contributed by atoms with Crippen molar-refractivity contribution in [1.82, 2.24) is 10.2 Å². The van der Waals surface area contributed by atoms with Crippen LogP contribution in [0.4, 0.5) is 0 Å². The molecule has 2 rings (SSSR count). The van der Waals surface area contributed by atoms with Gasteiger partial charge in [-0.25, -0.2) is 0 Å². The van der Waals surface area contributed by atoms with Crippen LogP contribution in [0.1, 0.15) is 39.5 Å². The van der Waals surface area contributed by atoms with Crippen LogP contribution in [0.25, 0.3) is 0 Å². The number of amides is 1. The Bertz CT molecular complexity index is 317. The molecule has 0 aromatic carbocycles. The molecule has 5 nitrogen and oxygen atoms in total. The number of carbonyl (C=O) groups is 1. The van der Waals surface area contributed by atoms with Crippen molar-refractivity contribution >= 4 is 5.91 Å². The van der Waals surface area contributed by atoms with Gasteiger partial charge in [0.2, 0.25) is 5.91 Å². The third-order valence-corrected chi connectivity index (χ3v) is 4.57. The van der Waals surface area contributed by atoms with Crippen LogP contribution in [0.2, 0.25) is 0 Å². The number of hydrogen-bond donors (Lipinski definition) is 1.